The number of pyridine rings is 1. The van der Waals surface area contributed by atoms with Gasteiger partial charge >= 0.3 is 0 Å². The predicted molar refractivity (Wildman–Crippen MR) is 152 cm³/mol. The zero-order valence-electron chi connectivity index (χ0n) is 23.3. The first-order valence-electron chi connectivity index (χ1n) is 14.0. The van der Waals surface area contributed by atoms with Gasteiger partial charge in [-0.25, -0.2) is 4.68 Å². The molecule has 2 aliphatic rings. The molecule has 204 valence electrons. The fourth-order valence-corrected chi connectivity index (χ4v) is 6.21. The number of aromatic nitrogens is 5. The summed E-state index contributed by atoms with van der Waals surface area (Å²) in [6, 6.07) is 12.5. The molecule has 0 amide bonds. The van der Waals surface area contributed by atoms with Gasteiger partial charge in [0.15, 0.2) is 5.82 Å². The van der Waals surface area contributed by atoms with Gasteiger partial charge in [-0.2, -0.15) is 0 Å². The van der Waals surface area contributed by atoms with Gasteiger partial charge in [-0.15, -0.1) is 5.10 Å². The minimum atomic E-state index is -0.365. The molecule has 2 aromatic carbocycles. The van der Waals surface area contributed by atoms with Crippen molar-refractivity contribution in [2.24, 2.45) is 0 Å². The number of nitrogens with zero attached hydrogens (tertiary/aromatic N) is 6. The van der Waals surface area contributed by atoms with Crippen LogP contribution in [0.2, 0.25) is 0 Å². The quantitative estimate of drug-likeness (QED) is 0.407. The molecule has 0 spiro atoms. The Morgan fingerprint density at radius 2 is 1.82 bits per heavy atom. The van der Waals surface area contributed by atoms with E-state index in [9.17, 15) is 4.79 Å². The number of H-pyrrole nitrogens is 1. The maximum absolute atomic E-state index is 13.7. The third-order valence-corrected chi connectivity index (χ3v) is 8.21. The van der Waals surface area contributed by atoms with Crippen LogP contribution in [0.4, 0.5) is 5.69 Å². The molecular weight excluding hydrogens is 490 g/mol. The molecule has 4 aromatic rings. The van der Waals surface area contributed by atoms with Gasteiger partial charge in [0, 0.05) is 44.0 Å². The number of tetrazole rings is 1. The zero-order valence-corrected chi connectivity index (χ0v) is 23.3. The van der Waals surface area contributed by atoms with E-state index in [1.807, 2.05) is 17.7 Å². The number of benzene rings is 2. The van der Waals surface area contributed by atoms with Gasteiger partial charge < -0.3 is 14.6 Å². The minimum Gasteiger partial charge on any atom is -0.376 e. The summed E-state index contributed by atoms with van der Waals surface area (Å²) in [4.78, 5) is 21.7. The molecule has 2 aliphatic heterocycles. The number of fused-ring (bicyclic) bond motifs is 1. The van der Waals surface area contributed by atoms with Crippen molar-refractivity contribution in [2.45, 2.75) is 59.2 Å². The van der Waals surface area contributed by atoms with Gasteiger partial charge in [0.05, 0.1) is 18.2 Å². The van der Waals surface area contributed by atoms with Crippen molar-refractivity contribution in [1.29, 1.82) is 0 Å². The van der Waals surface area contributed by atoms with Crippen LogP contribution in [0.1, 0.15) is 52.5 Å². The first-order chi connectivity index (χ1) is 18.9. The SMILES string of the molecule is Cc1ccc(C)c(N2CCN(C(c3cc4cc(C)cc(C)c4[nH]c3=O)c3nnnn3CC3CCCO3)CC2)c1. The first kappa shape index (κ1) is 25.7. The molecule has 2 saturated heterocycles. The topological polar surface area (TPSA) is 92.2 Å². The second-order valence-corrected chi connectivity index (χ2v) is 11.2. The molecule has 9 heteroatoms. The van der Waals surface area contributed by atoms with Gasteiger partial charge in [0.25, 0.3) is 5.56 Å². The molecule has 2 aromatic heterocycles. The van der Waals surface area contributed by atoms with Crippen LogP contribution in [0.5, 0.6) is 0 Å². The van der Waals surface area contributed by atoms with E-state index in [4.69, 9.17) is 4.74 Å². The number of piperazine rings is 1. The number of anilines is 1. The van der Waals surface area contributed by atoms with E-state index in [1.165, 1.54) is 22.4 Å². The van der Waals surface area contributed by atoms with Gasteiger partial charge in [0.2, 0.25) is 0 Å². The number of nitrogens with one attached hydrogen (secondary N) is 1. The fourth-order valence-electron chi connectivity index (χ4n) is 6.21. The summed E-state index contributed by atoms with van der Waals surface area (Å²) in [7, 11) is 0. The Labute approximate surface area is 228 Å². The van der Waals surface area contributed by atoms with Crippen LogP contribution in [0.3, 0.4) is 0 Å². The average Bonchev–Trinajstić information content (AvgIpc) is 3.60. The van der Waals surface area contributed by atoms with Gasteiger partial charge in [0.1, 0.15) is 6.04 Å². The van der Waals surface area contributed by atoms with Crippen LogP contribution in [0.15, 0.2) is 41.2 Å². The number of rotatable bonds is 6. The van der Waals surface area contributed by atoms with Crippen LogP contribution in [0, 0.1) is 27.7 Å². The van der Waals surface area contributed by atoms with Crippen LogP contribution in [-0.2, 0) is 11.3 Å². The maximum Gasteiger partial charge on any atom is 0.253 e. The fraction of sp³-hybridized carbons (Fsp3) is 0.467. The summed E-state index contributed by atoms with van der Waals surface area (Å²) in [6.07, 6.45) is 2.14. The molecule has 1 N–H and O–H groups in total. The Kier molecular flexibility index (Phi) is 6.95. The van der Waals surface area contributed by atoms with Crippen molar-refractivity contribution in [2.75, 3.05) is 37.7 Å². The number of hydrogen-bond acceptors (Lipinski definition) is 7. The molecule has 2 fully saturated rings. The van der Waals surface area contributed by atoms with E-state index in [0.29, 0.717) is 17.9 Å². The van der Waals surface area contributed by atoms with Crippen molar-refractivity contribution in [1.82, 2.24) is 30.1 Å². The van der Waals surface area contributed by atoms with Crippen LogP contribution in [-0.4, -0.2) is 69.0 Å². The van der Waals surface area contributed by atoms with Crippen molar-refractivity contribution in [3.8, 4) is 0 Å². The lowest BCUT2D eigenvalue weighted by Crippen LogP contribution is -2.49. The van der Waals surface area contributed by atoms with E-state index in [0.717, 1.165) is 62.1 Å². The highest BCUT2D eigenvalue weighted by atomic mass is 16.5. The lowest BCUT2D eigenvalue weighted by Gasteiger charge is -2.40. The van der Waals surface area contributed by atoms with Gasteiger partial charge in [-0.3, -0.25) is 9.69 Å². The normalized spacial score (nSPS) is 19.2. The van der Waals surface area contributed by atoms with Gasteiger partial charge in [-0.1, -0.05) is 23.8 Å². The Morgan fingerprint density at radius 1 is 1.00 bits per heavy atom. The van der Waals surface area contributed by atoms with Crippen LogP contribution < -0.4 is 10.5 Å². The average molecular weight is 528 g/mol. The molecule has 0 radical (unpaired) electrons. The third kappa shape index (κ3) is 5.08. The van der Waals surface area contributed by atoms with E-state index in [1.54, 1.807) is 0 Å². The molecule has 2 atom stereocenters. The van der Waals surface area contributed by atoms with E-state index < -0.39 is 0 Å². The van der Waals surface area contributed by atoms with E-state index in [2.05, 4.69) is 81.4 Å². The van der Waals surface area contributed by atoms with Gasteiger partial charge in [-0.05, 0) is 91.2 Å². The highest BCUT2D eigenvalue weighted by Gasteiger charge is 2.34. The summed E-state index contributed by atoms with van der Waals surface area (Å²) < 4.78 is 7.75. The summed E-state index contributed by atoms with van der Waals surface area (Å²) in [5.41, 5.74) is 7.52. The number of hydrogen-bond donors (Lipinski definition) is 1. The Bertz CT molecular complexity index is 1540. The smallest absolute Gasteiger partial charge is 0.253 e. The third-order valence-electron chi connectivity index (χ3n) is 8.21. The Hall–Kier alpha value is -3.56. The first-order valence-corrected chi connectivity index (χ1v) is 14.0. The molecule has 6 rings (SSSR count). The molecule has 9 nitrogen and oxygen atoms in total. The van der Waals surface area contributed by atoms with E-state index >= 15 is 0 Å². The highest BCUT2D eigenvalue weighted by Crippen LogP contribution is 2.31. The number of ether oxygens (including phenoxy) is 1. The monoisotopic (exact) mass is 527 g/mol. The van der Waals surface area contributed by atoms with Crippen molar-refractivity contribution in [3.63, 3.8) is 0 Å². The van der Waals surface area contributed by atoms with Crippen LogP contribution in [0.25, 0.3) is 10.9 Å². The lowest BCUT2D eigenvalue weighted by atomic mass is 10.00. The minimum absolute atomic E-state index is 0.0919. The molecule has 0 saturated carbocycles. The lowest BCUT2D eigenvalue weighted by molar-refractivity contribution is 0.0906. The second-order valence-electron chi connectivity index (χ2n) is 11.2. The Morgan fingerprint density at radius 3 is 2.59 bits per heavy atom. The number of aryl methyl sites for hydroxylation is 4. The largest absolute Gasteiger partial charge is 0.376 e. The second kappa shape index (κ2) is 10.5. The Balaban J connectivity index is 1.38. The molecular formula is C30H37N7O2. The molecule has 4 heterocycles. The standard InChI is InChI=1S/C30H37N7O2/c1-19-7-8-21(3)26(16-19)35-9-11-36(12-10-35)28(29-32-33-34-37(29)18-24-6-5-13-39-24)25-17-23-15-20(2)14-22(4)27(23)31-30(25)38/h7-8,14-17,24,28H,5-6,9-13,18H2,1-4H3,(H,31,38). The summed E-state index contributed by atoms with van der Waals surface area (Å²) >= 11 is 0. The highest BCUT2D eigenvalue weighted by molar-refractivity contribution is 5.83. The maximum atomic E-state index is 13.7. The summed E-state index contributed by atoms with van der Waals surface area (Å²) in [6.45, 7) is 13.1. The molecule has 0 bridgehead atoms. The predicted octanol–water partition coefficient (Wildman–Crippen LogP) is 3.84. The van der Waals surface area contributed by atoms with Crippen molar-refractivity contribution in [3.05, 3.63) is 80.4 Å². The van der Waals surface area contributed by atoms with Crippen molar-refractivity contribution >= 4 is 16.6 Å². The molecule has 2 unspecified atom stereocenters. The van der Waals surface area contributed by atoms with Crippen molar-refractivity contribution < 1.29 is 4.74 Å². The summed E-state index contributed by atoms with van der Waals surface area (Å²) in [5.74, 6) is 0.694. The van der Waals surface area contributed by atoms with E-state index in [-0.39, 0.29) is 17.7 Å². The zero-order chi connectivity index (χ0) is 27.1. The summed E-state index contributed by atoms with van der Waals surface area (Å²) in [5, 5.41) is 14.0. The van der Waals surface area contributed by atoms with Crippen LogP contribution >= 0.6 is 0 Å². The number of aromatic amines is 1. The molecule has 39 heavy (non-hydrogen) atoms. The molecule has 0 aliphatic carbocycles.